The van der Waals surface area contributed by atoms with Crippen molar-refractivity contribution in [3.63, 3.8) is 0 Å². The molecule has 1 saturated carbocycles. The fourth-order valence-corrected chi connectivity index (χ4v) is 4.51. The number of alkyl halides is 6. The van der Waals surface area contributed by atoms with Gasteiger partial charge in [0, 0.05) is 23.5 Å². The van der Waals surface area contributed by atoms with Gasteiger partial charge in [-0.2, -0.15) is 26.3 Å². The minimum atomic E-state index is -4.99. The van der Waals surface area contributed by atoms with E-state index in [2.05, 4.69) is 20.6 Å². The van der Waals surface area contributed by atoms with Crippen molar-refractivity contribution < 1.29 is 31.1 Å². The summed E-state index contributed by atoms with van der Waals surface area (Å²) in [6.45, 7) is 0. The number of anilines is 1. The zero-order valence-corrected chi connectivity index (χ0v) is 17.7. The Morgan fingerprint density at radius 3 is 2.03 bits per heavy atom. The van der Waals surface area contributed by atoms with Crippen molar-refractivity contribution in [2.24, 2.45) is 0 Å². The highest BCUT2D eigenvalue weighted by molar-refractivity contribution is 5.93. The van der Waals surface area contributed by atoms with Crippen LogP contribution in [0.5, 0.6) is 0 Å². The molecule has 0 aromatic carbocycles. The number of nitrogens with one attached hydrogen (secondary N) is 3. The molecule has 2 aliphatic rings. The van der Waals surface area contributed by atoms with Crippen LogP contribution in [-0.2, 0) is 25.2 Å². The van der Waals surface area contributed by atoms with Crippen molar-refractivity contribution >= 4 is 11.6 Å². The van der Waals surface area contributed by atoms with E-state index < -0.39 is 23.7 Å². The molecule has 2 heterocycles. The van der Waals surface area contributed by atoms with Crippen LogP contribution in [0.1, 0.15) is 71.7 Å². The van der Waals surface area contributed by atoms with Gasteiger partial charge < -0.3 is 15.6 Å². The smallest absolute Gasteiger partial charge is 0.382 e. The summed E-state index contributed by atoms with van der Waals surface area (Å²) < 4.78 is 78.0. The van der Waals surface area contributed by atoms with E-state index in [4.69, 9.17) is 0 Å². The number of aromatic nitrogens is 2. The van der Waals surface area contributed by atoms with E-state index in [1.54, 1.807) is 0 Å². The molecule has 1 amide bonds. The summed E-state index contributed by atoms with van der Waals surface area (Å²) in [5, 5.41) is 5.77. The fourth-order valence-electron chi connectivity index (χ4n) is 4.51. The zero-order chi connectivity index (χ0) is 23.8. The number of carbonyl (C=O) groups excluding carboxylic acids is 1. The lowest BCUT2D eigenvalue weighted by Crippen LogP contribution is -2.40. The molecule has 3 N–H and O–H groups in total. The number of aromatic amines is 1. The molecule has 0 unspecified atom stereocenters. The zero-order valence-electron chi connectivity index (χ0n) is 17.7. The lowest BCUT2D eigenvalue weighted by Gasteiger charge is -2.30. The number of amides is 1. The van der Waals surface area contributed by atoms with E-state index in [0.717, 1.165) is 31.4 Å². The lowest BCUT2D eigenvalue weighted by molar-refractivity contribution is -0.150. The Hall–Kier alpha value is -2.72. The third-order valence-electron chi connectivity index (χ3n) is 6.20. The molecule has 2 aliphatic carbocycles. The van der Waals surface area contributed by atoms with Gasteiger partial charge in [-0.3, -0.25) is 4.79 Å². The van der Waals surface area contributed by atoms with Crippen LogP contribution in [0.25, 0.3) is 0 Å². The molecule has 0 atom stereocenters. The van der Waals surface area contributed by atoms with Gasteiger partial charge in [0.25, 0.3) is 5.91 Å². The van der Waals surface area contributed by atoms with Gasteiger partial charge >= 0.3 is 12.4 Å². The molecule has 0 saturated heterocycles. The molecule has 2 aromatic heterocycles. The molecule has 11 heteroatoms. The molecule has 33 heavy (non-hydrogen) atoms. The van der Waals surface area contributed by atoms with Gasteiger partial charge in [0.05, 0.1) is 0 Å². The predicted molar refractivity (Wildman–Crippen MR) is 109 cm³/mol. The van der Waals surface area contributed by atoms with Gasteiger partial charge in [-0.05, 0) is 75.1 Å². The summed E-state index contributed by atoms with van der Waals surface area (Å²) in [7, 11) is 0. The first kappa shape index (κ1) is 23.4. The van der Waals surface area contributed by atoms with E-state index in [1.165, 1.54) is 5.56 Å². The van der Waals surface area contributed by atoms with Gasteiger partial charge in [-0.1, -0.05) is 0 Å². The van der Waals surface area contributed by atoms with Gasteiger partial charge in [0.15, 0.2) is 0 Å². The van der Waals surface area contributed by atoms with Gasteiger partial charge in [-0.15, -0.1) is 0 Å². The van der Waals surface area contributed by atoms with Crippen LogP contribution in [0.3, 0.4) is 0 Å². The summed E-state index contributed by atoms with van der Waals surface area (Å²) in [4.78, 5) is 18.5. The molecule has 0 radical (unpaired) electrons. The fraction of sp³-hybridized carbons (Fsp3) is 0.545. The summed E-state index contributed by atoms with van der Waals surface area (Å²) in [6.07, 6.45) is -3.77. The van der Waals surface area contributed by atoms with Crippen LogP contribution in [0.15, 0.2) is 18.2 Å². The van der Waals surface area contributed by atoms with E-state index in [1.807, 2.05) is 6.07 Å². The Labute approximate surface area is 186 Å². The van der Waals surface area contributed by atoms with Crippen LogP contribution in [0.4, 0.5) is 32.0 Å². The number of aryl methyl sites for hydroxylation is 2. The first-order chi connectivity index (χ1) is 15.5. The van der Waals surface area contributed by atoms with Crippen molar-refractivity contribution in [3.8, 4) is 0 Å². The second kappa shape index (κ2) is 8.90. The predicted octanol–water partition coefficient (Wildman–Crippen LogP) is 5.48. The molecule has 180 valence electrons. The van der Waals surface area contributed by atoms with Crippen LogP contribution in [-0.4, -0.2) is 28.0 Å². The monoisotopic (exact) mass is 474 g/mol. The number of hydrogen-bond acceptors (Lipinski definition) is 3. The number of rotatable bonds is 4. The Balaban J connectivity index is 1.35. The number of fused-ring (bicyclic) bond motifs is 1. The van der Waals surface area contributed by atoms with Crippen molar-refractivity contribution in [1.82, 2.24) is 15.3 Å². The first-order valence-corrected chi connectivity index (χ1v) is 10.9. The van der Waals surface area contributed by atoms with Crippen molar-refractivity contribution in [3.05, 3.63) is 46.5 Å². The van der Waals surface area contributed by atoms with E-state index in [-0.39, 0.29) is 23.7 Å². The van der Waals surface area contributed by atoms with Crippen LogP contribution >= 0.6 is 0 Å². The highest BCUT2D eigenvalue weighted by Gasteiger charge is 2.39. The Morgan fingerprint density at radius 1 is 0.879 bits per heavy atom. The normalized spacial score (nSPS) is 21.4. The highest BCUT2D eigenvalue weighted by atomic mass is 19.4. The Morgan fingerprint density at radius 2 is 1.45 bits per heavy atom. The van der Waals surface area contributed by atoms with Gasteiger partial charge in [0.1, 0.15) is 17.1 Å². The molecule has 0 spiro atoms. The van der Waals surface area contributed by atoms with Crippen molar-refractivity contribution in [1.29, 1.82) is 0 Å². The summed E-state index contributed by atoms with van der Waals surface area (Å²) in [6, 6.07) is 2.66. The molecular weight excluding hydrogens is 450 g/mol. The topological polar surface area (TPSA) is 69.8 Å². The van der Waals surface area contributed by atoms with Crippen molar-refractivity contribution in [2.75, 3.05) is 5.32 Å². The maximum Gasteiger partial charge on any atom is 0.433 e. The maximum atomic E-state index is 13.0. The Bertz CT molecular complexity index is 950. The molecule has 4 rings (SSSR count). The van der Waals surface area contributed by atoms with Crippen LogP contribution < -0.4 is 10.6 Å². The summed E-state index contributed by atoms with van der Waals surface area (Å²) in [5.41, 5.74) is -0.641. The first-order valence-electron chi connectivity index (χ1n) is 10.9. The maximum absolute atomic E-state index is 13.0. The molecule has 0 bridgehead atoms. The standard InChI is InChI=1S/C22H24F6N4O/c23-21(24,25)18-10-15(11-19(32-18)22(26,27)28)29-13-5-7-14(8-6-13)30-20(33)17-9-12-3-1-2-4-16(12)31-17/h9-11,13-14,31H,1-8H2,(H,29,32)(H,30,33). The second-order valence-electron chi connectivity index (χ2n) is 8.68. The second-order valence-corrected chi connectivity index (χ2v) is 8.68. The van der Waals surface area contributed by atoms with Crippen LogP contribution in [0.2, 0.25) is 0 Å². The summed E-state index contributed by atoms with van der Waals surface area (Å²) >= 11 is 0. The molecular formula is C22H24F6N4O. The molecule has 0 aliphatic heterocycles. The van der Waals surface area contributed by atoms with Crippen molar-refractivity contribution in [2.45, 2.75) is 75.8 Å². The highest BCUT2D eigenvalue weighted by Crippen LogP contribution is 2.35. The number of H-pyrrole nitrogens is 1. The number of pyridine rings is 1. The lowest BCUT2D eigenvalue weighted by atomic mass is 9.91. The quantitative estimate of drug-likeness (QED) is 0.514. The number of halogens is 6. The molecule has 5 nitrogen and oxygen atoms in total. The SMILES string of the molecule is O=C(NC1CCC(Nc2cc(C(F)(F)F)nc(C(F)(F)F)c2)CC1)c1cc2c([nH]1)CCCC2. The minimum Gasteiger partial charge on any atom is -0.382 e. The molecule has 2 aromatic rings. The summed E-state index contributed by atoms with van der Waals surface area (Å²) in [5.74, 6) is -0.195. The van der Waals surface area contributed by atoms with Gasteiger partial charge in [0.2, 0.25) is 0 Å². The van der Waals surface area contributed by atoms with E-state index >= 15 is 0 Å². The van der Waals surface area contributed by atoms with E-state index in [9.17, 15) is 31.1 Å². The van der Waals surface area contributed by atoms with E-state index in [0.29, 0.717) is 43.5 Å². The third-order valence-corrected chi connectivity index (χ3v) is 6.20. The number of hydrogen-bond donors (Lipinski definition) is 3. The number of carbonyl (C=O) groups is 1. The van der Waals surface area contributed by atoms with Crippen LogP contribution in [0, 0.1) is 0 Å². The third kappa shape index (κ3) is 5.62. The molecule has 1 fully saturated rings. The average Bonchev–Trinajstić information content (AvgIpc) is 3.18. The number of nitrogens with zero attached hydrogens (tertiary/aromatic N) is 1. The minimum absolute atomic E-state index is 0.107. The Kier molecular flexibility index (Phi) is 6.32. The van der Waals surface area contributed by atoms with Gasteiger partial charge in [-0.25, -0.2) is 4.98 Å². The average molecular weight is 474 g/mol. The largest absolute Gasteiger partial charge is 0.433 e.